The molecule has 25 heavy (non-hydrogen) atoms. The Bertz CT molecular complexity index is 813. The van der Waals surface area contributed by atoms with Crippen LogP contribution in [0.3, 0.4) is 0 Å². The summed E-state index contributed by atoms with van der Waals surface area (Å²) in [6, 6.07) is 12.5. The van der Waals surface area contributed by atoms with Gasteiger partial charge in [-0.2, -0.15) is 10.5 Å². The van der Waals surface area contributed by atoms with Gasteiger partial charge in [-0.25, -0.2) is 4.99 Å². The molecule has 0 unspecified atom stereocenters. The second kappa shape index (κ2) is 5.29. The number of aryl methyl sites for hydroxylation is 1. The van der Waals surface area contributed by atoms with Crippen LogP contribution in [-0.4, -0.2) is 25.0 Å². The number of hydrogen-bond acceptors (Lipinski definition) is 5. The summed E-state index contributed by atoms with van der Waals surface area (Å²) in [5.41, 5.74) is 4.89. The summed E-state index contributed by atoms with van der Waals surface area (Å²) < 4.78 is 11.8. The normalized spacial score (nSPS) is 34.6. The third kappa shape index (κ3) is 1.57. The molecule has 1 saturated carbocycles. The number of hydrogen-bond donors (Lipinski definition) is 2. The first-order valence-corrected chi connectivity index (χ1v) is 8.46. The summed E-state index contributed by atoms with van der Waals surface area (Å²) >= 11 is 0. The number of nitrogens with zero attached hydrogens (tertiary/aromatic N) is 2. The van der Waals surface area contributed by atoms with Gasteiger partial charge in [-0.3, -0.25) is 5.73 Å². The highest BCUT2D eigenvalue weighted by Crippen LogP contribution is 2.82. The molecule has 1 aromatic carbocycles. The van der Waals surface area contributed by atoms with E-state index in [2.05, 4.69) is 17.1 Å². The maximum atomic E-state index is 10.3. The van der Waals surface area contributed by atoms with Crippen LogP contribution in [0.4, 0.5) is 0 Å². The molecule has 0 bridgehead atoms. The van der Waals surface area contributed by atoms with E-state index >= 15 is 0 Å². The SMILES string of the molecule is CCOC1(OCC)[NH+]=C(N)[C@@]2(C#N)[C@@](C)(c3ccc(C)cc3)[C@@]12C#N. The quantitative estimate of drug-likeness (QED) is 0.758. The maximum absolute atomic E-state index is 10.3. The highest BCUT2D eigenvalue weighted by molar-refractivity contribution is 5.97. The second-order valence-corrected chi connectivity index (χ2v) is 6.74. The highest BCUT2D eigenvalue weighted by atomic mass is 16.7. The molecular formula is C19H23N4O2+. The molecule has 0 amide bonds. The van der Waals surface area contributed by atoms with E-state index in [1.54, 1.807) is 0 Å². The largest absolute Gasteiger partial charge is 0.343 e. The zero-order valence-electron chi connectivity index (χ0n) is 15.0. The number of amidine groups is 1. The Morgan fingerprint density at radius 2 is 1.64 bits per heavy atom. The topological polar surface area (TPSA) is 106 Å². The first kappa shape index (κ1) is 17.4. The van der Waals surface area contributed by atoms with Crippen LogP contribution < -0.4 is 10.7 Å². The Morgan fingerprint density at radius 1 is 1.08 bits per heavy atom. The molecule has 0 aromatic heterocycles. The van der Waals surface area contributed by atoms with Gasteiger partial charge in [-0.15, -0.1) is 0 Å². The zero-order chi connectivity index (χ0) is 18.5. The number of benzene rings is 1. The Hall–Kier alpha value is -2.41. The van der Waals surface area contributed by atoms with Crippen LogP contribution >= 0.6 is 0 Å². The van der Waals surface area contributed by atoms with Crippen LogP contribution in [0, 0.1) is 40.4 Å². The summed E-state index contributed by atoms with van der Waals surface area (Å²) in [4.78, 5) is 2.99. The number of fused-ring (bicyclic) bond motifs is 1. The van der Waals surface area contributed by atoms with Crippen LogP contribution in [0.15, 0.2) is 24.3 Å². The van der Waals surface area contributed by atoms with Gasteiger partial charge in [0.25, 0.3) is 5.84 Å². The molecule has 1 fully saturated rings. The average Bonchev–Trinajstić information content (AvgIpc) is 3.01. The van der Waals surface area contributed by atoms with Gasteiger partial charge in [0.15, 0.2) is 10.8 Å². The van der Waals surface area contributed by atoms with Crippen molar-refractivity contribution < 1.29 is 14.5 Å². The molecule has 2 aliphatic rings. The fourth-order valence-electron chi connectivity index (χ4n) is 4.71. The Labute approximate surface area is 147 Å². The minimum absolute atomic E-state index is 0.224. The van der Waals surface area contributed by atoms with Crippen molar-refractivity contribution in [2.45, 2.75) is 39.0 Å². The molecule has 1 aliphatic heterocycles. The molecule has 6 nitrogen and oxygen atoms in total. The minimum Gasteiger partial charge on any atom is -0.314 e. The fraction of sp³-hybridized carbons (Fsp3) is 0.526. The standard InChI is InChI=1S/C19H22N4O2/c1-5-24-19(25-6-2)18(12-21)16(4,14-9-7-13(3)8-10-14)17(18,11-20)15(22)23-19/h7-10H,5-6H2,1-4H3,(H2,22,23)/p+1/t16-,17+,18-/m1/s1. The predicted octanol–water partition coefficient (Wildman–Crippen LogP) is 0.464. The van der Waals surface area contributed by atoms with Gasteiger partial charge >= 0.3 is 5.91 Å². The molecule has 3 rings (SSSR count). The Morgan fingerprint density at radius 3 is 2.08 bits per heavy atom. The van der Waals surface area contributed by atoms with Gasteiger partial charge in [0, 0.05) is 0 Å². The van der Waals surface area contributed by atoms with E-state index in [1.165, 1.54) is 0 Å². The van der Waals surface area contributed by atoms with E-state index in [0.717, 1.165) is 11.1 Å². The molecule has 3 atom stereocenters. The summed E-state index contributed by atoms with van der Waals surface area (Å²) in [6.45, 7) is 8.16. The van der Waals surface area contributed by atoms with Crippen LogP contribution in [0.2, 0.25) is 0 Å². The number of nitrogens with one attached hydrogen (secondary N) is 1. The van der Waals surface area contributed by atoms with Gasteiger partial charge < -0.3 is 9.47 Å². The third-order valence-corrected chi connectivity index (χ3v) is 5.86. The monoisotopic (exact) mass is 339 g/mol. The van der Waals surface area contributed by atoms with E-state index in [9.17, 15) is 10.5 Å². The molecule has 3 N–H and O–H groups in total. The van der Waals surface area contributed by atoms with Crippen LogP contribution in [0.5, 0.6) is 0 Å². The van der Waals surface area contributed by atoms with Gasteiger partial charge in [0.05, 0.1) is 30.8 Å². The van der Waals surface area contributed by atoms with Crippen LogP contribution in [0.25, 0.3) is 0 Å². The summed E-state index contributed by atoms with van der Waals surface area (Å²) in [7, 11) is 0. The van der Waals surface area contributed by atoms with Crippen molar-refractivity contribution in [3.63, 3.8) is 0 Å². The van der Waals surface area contributed by atoms with E-state index in [-0.39, 0.29) is 5.84 Å². The van der Waals surface area contributed by atoms with Crippen molar-refractivity contribution in [2.24, 2.45) is 16.6 Å². The predicted molar refractivity (Wildman–Crippen MR) is 90.8 cm³/mol. The lowest BCUT2D eigenvalue weighted by Gasteiger charge is -2.32. The van der Waals surface area contributed by atoms with Crippen molar-refractivity contribution in [2.75, 3.05) is 13.2 Å². The highest BCUT2D eigenvalue weighted by Gasteiger charge is 3.03. The van der Waals surface area contributed by atoms with Gasteiger partial charge in [0.1, 0.15) is 0 Å². The fourth-order valence-corrected chi connectivity index (χ4v) is 4.71. The molecule has 0 radical (unpaired) electrons. The smallest absolute Gasteiger partial charge is 0.314 e. The molecule has 6 heteroatoms. The summed E-state index contributed by atoms with van der Waals surface area (Å²) in [5.74, 6) is -1.23. The molecular weight excluding hydrogens is 316 g/mol. The molecule has 1 heterocycles. The summed E-state index contributed by atoms with van der Waals surface area (Å²) in [6.07, 6.45) is 0. The Kier molecular flexibility index (Phi) is 3.69. The molecule has 1 aliphatic carbocycles. The summed E-state index contributed by atoms with van der Waals surface area (Å²) in [5, 5.41) is 20.4. The van der Waals surface area contributed by atoms with E-state index < -0.39 is 22.2 Å². The first-order chi connectivity index (χ1) is 11.9. The maximum Gasteiger partial charge on any atom is 0.343 e. The molecule has 0 saturated heterocycles. The molecule has 130 valence electrons. The Balaban J connectivity index is 2.30. The molecule has 1 aromatic rings. The number of ether oxygens (including phenoxy) is 2. The lowest BCUT2D eigenvalue weighted by Crippen LogP contribution is -2.91. The molecule has 0 spiro atoms. The van der Waals surface area contributed by atoms with Gasteiger partial charge in [0.2, 0.25) is 0 Å². The van der Waals surface area contributed by atoms with Crippen molar-refractivity contribution in [3.8, 4) is 12.1 Å². The second-order valence-electron chi connectivity index (χ2n) is 6.74. The van der Waals surface area contributed by atoms with Crippen molar-refractivity contribution in [1.82, 2.24) is 0 Å². The van der Waals surface area contributed by atoms with Crippen molar-refractivity contribution in [1.29, 1.82) is 10.5 Å². The lowest BCUT2D eigenvalue weighted by atomic mass is 9.84. The van der Waals surface area contributed by atoms with E-state index in [0.29, 0.717) is 13.2 Å². The van der Waals surface area contributed by atoms with Crippen LogP contribution in [0.1, 0.15) is 31.9 Å². The number of nitrogens with two attached hydrogens (primary N) is 1. The number of nitriles is 2. The van der Waals surface area contributed by atoms with Gasteiger partial charge in [-0.1, -0.05) is 36.8 Å². The zero-order valence-corrected chi connectivity index (χ0v) is 15.0. The minimum atomic E-state index is -1.45. The van der Waals surface area contributed by atoms with E-state index in [4.69, 9.17) is 15.2 Å². The first-order valence-electron chi connectivity index (χ1n) is 8.46. The van der Waals surface area contributed by atoms with Crippen LogP contribution in [-0.2, 0) is 14.9 Å². The van der Waals surface area contributed by atoms with Gasteiger partial charge in [-0.05, 0) is 26.3 Å². The number of rotatable bonds is 5. The van der Waals surface area contributed by atoms with Crippen molar-refractivity contribution >= 4 is 5.84 Å². The third-order valence-electron chi connectivity index (χ3n) is 5.86. The van der Waals surface area contributed by atoms with Crippen molar-refractivity contribution in [3.05, 3.63) is 35.4 Å². The lowest BCUT2D eigenvalue weighted by molar-refractivity contribution is -0.694. The average molecular weight is 339 g/mol. The van der Waals surface area contributed by atoms with E-state index in [1.807, 2.05) is 52.0 Å².